The average molecular weight is 355 g/mol. The van der Waals surface area contributed by atoms with Crippen LogP contribution in [0.4, 0.5) is 15.2 Å². The third-order valence-electron chi connectivity index (χ3n) is 4.55. The molecule has 0 aliphatic carbocycles. The lowest BCUT2D eigenvalue weighted by molar-refractivity contribution is -0.120. The maximum Gasteiger partial charge on any atom is 0.227 e. The van der Waals surface area contributed by atoms with Crippen LogP contribution in [0.2, 0.25) is 0 Å². The number of carbonyl (C=O) groups excluding carboxylic acids is 1. The van der Waals surface area contributed by atoms with Gasteiger partial charge in [0.2, 0.25) is 5.91 Å². The Morgan fingerprint density at radius 2 is 1.84 bits per heavy atom. The van der Waals surface area contributed by atoms with E-state index in [2.05, 4.69) is 21.3 Å². The number of fused-ring (bicyclic) bond motifs is 1. The minimum absolute atomic E-state index is 0.0924. The maximum absolute atomic E-state index is 13.7. The first kappa shape index (κ1) is 16.0. The van der Waals surface area contributed by atoms with Gasteiger partial charge in [-0.05, 0) is 37.1 Å². The molecule has 0 unspecified atom stereocenters. The van der Waals surface area contributed by atoms with Gasteiger partial charge in [-0.15, -0.1) is 0 Å². The van der Waals surface area contributed by atoms with Gasteiger partial charge in [0.05, 0.1) is 15.9 Å². The van der Waals surface area contributed by atoms with Crippen molar-refractivity contribution >= 4 is 38.3 Å². The number of carbonyl (C=O) groups is 1. The number of para-hydroxylation sites is 2. The molecule has 0 radical (unpaired) electrons. The van der Waals surface area contributed by atoms with E-state index in [0.717, 1.165) is 36.6 Å². The van der Waals surface area contributed by atoms with Crippen LogP contribution in [0.3, 0.4) is 0 Å². The number of aromatic nitrogens is 1. The number of thiazole rings is 1. The van der Waals surface area contributed by atoms with Gasteiger partial charge in [0, 0.05) is 19.0 Å². The second-order valence-electron chi connectivity index (χ2n) is 6.19. The van der Waals surface area contributed by atoms with Gasteiger partial charge in [-0.25, -0.2) is 9.37 Å². The number of halogens is 1. The van der Waals surface area contributed by atoms with Crippen molar-refractivity contribution in [2.24, 2.45) is 5.92 Å². The van der Waals surface area contributed by atoms with Crippen LogP contribution in [-0.4, -0.2) is 24.0 Å². The van der Waals surface area contributed by atoms with Gasteiger partial charge in [-0.3, -0.25) is 4.79 Å². The number of nitrogens with zero attached hydrogens (tertiary/aromatic N) is 2. The summed E-state index contributed by atoms with van der Waals surface area (Å²) in [5, 5.41) is 3.72. The summed E-state index contributed by atoms with van der Waals surface area (Å²) in [6.45, 7) is 1.57. The number of amides is 1. The number of benzene rings is 2. The molecule has 25 heavy (non-hydrogen) atoms. The van der Waals surface area contributed by atoms with E-state index in [4.69, 9.17) is 0 Å². The SMILES string of the molecule is O=C(Nc1ccccc1F)C1CCN(c2nc3ccccc3s2)CC1. The molecule has 1 N–H and O–H groups in total. The summed E-state index contributed by atoms with van der Waals surface area (Å²) < 4.78 is 14.8. The molecule has 0 atom stereocenters. The maximum atomic E-state index is 13.7. The van der Waals surface area contributed by atoms with Gasteiger partial charge >= 0.3 is 0 Å². The Hall–Kier alpha value is -2.47. The Morgan fingerprint density at radius 1 is 1.12 bits per heavy atom. The van der Waals surface area contributed by atoms with Crippen LogP contribution in [0.15, 0.2) is 48.5 Å². The molecule has 4 nitrogen and oxygen atoms in total. The molecular weight excluding hydrogens is 337 g/mol. The summed E-state index contributed by atoms with van der Waals surface area (Å²) in [6.07, 6.45) is 1.49. The fourth-order valence-corrected chi connectivity index (χ4v) is 4.14. The Bertz CT molecular complexity index is 869. The highest BCUT2D eigenvalue weighted by Gasteiger charge is 2.26. The van der Waals surface area contributed by atoms with E-state index in [-0.39, 0.29) is 17.5 Å². The standard InChI is InChI=1S/C19H18FN3OS/c20-14-5-1-2-6-15(14)21-18(24)13-9-11-23(12-10-13)19-22-16-7-3-4-8-17(16)25-19/h1-8,13H,9-12H2,(H,21,24). The number of hydrogen-bond acceptors (Lipinski definition) is 4. The molecule has 1 aliphatic heterocycles. The monoisotopic (exact) mass is 355 g/mol. The van der Waals surface area contributed by atoms with Gasteiger partial charge in [0.1, 0.15) is 5.82 Å². The van der Waals surface area contributed by atoms with Crippen molar-refractivity contribution in [3.05, 3.63) is 54.3 Å². The van der Waals surface area contributed by atoms with Gasteiger partial charge < -0.3 is 10.2 Å². The van der Waals surface area contributed by atoms with Gasteiger partial charge in [0.15, 0.2) is 5.13 Å². The molecule has 2 aromatic carbocycles. The van der Waals surface area contributed by atoms with Crippen LogP contribution >= 0.6 is 11.3 Å². The second kappa shape index (κ2) is 6.80. The van der Waals surface area contributed by atoms with Crippen molar-refractivity contribution in [3.63, 3.8) is 0 Å². The molecule has 1 aromatic heterocycles. The number of rotatable bonds is 3. The summed E-state index contributed by atoms with van der Waals surface area (Å²) >= 11 is 1.68. The predicted octanol–water partition coefficient (Wildman–Crippen LogP) is 4.29. The van der Waals surface area contributed by atoms with Crippen molar-refractivity contribution in [1.29, 1.82) is 0 Å². The smallest absolute Gasteiger partial charge is 0.227 e. The fraction of sp³-hybridized carbons (Fsp3) is 0.263. The van der Waals surface area contributed by atoms with Crippen LogP contribution < -0.4 is 10.2 Å². The summed E-state index contributed by atoms with van der Waals surface area (Å²) in [4.78, 5) is 19.3. The van der Waals surface area contributed by atoms with Crippen molar-refractivity contribution in [3.8, 4) is 0 Å². The first-order valence-electron chi connectivity index (χ1n) is 8.36. The zero-order chi connectivity index (χ0) is 17.2. The van der Waals surface area contributed by atoms with E-state index in [9.17, 15) is 9.18 Å². The Kier molecular flexibility index (Phi) is 4.36. The lowest BCUT2D eigenvalue weighted by Crippen LogP contribution is -2.38. The van der Waals surface area contributed by atoms with E-state index in [1.165, 1.54) is 10.8 Å². The largest absolute Gasteiger partial charge is 0.348 e. The van der Waals surface area contributed by atoms with Crippen LogP contribution in [-0.2, 0) is 4.79 Å². The van der Waals surface area contributed by atoms with E-state index in [0.29, 0.717) is 0 Å². The van der Waals surface area contributed by atoms with Crippen LogP contribution in [0.25, 0.3) is 10.2 Å². The number of hydrogen-bond donors (Lipinski definition) is 1. The topological polar surface area (TPSA) is 45.2 Å². The first-order chi connectivity index (χ1) is 12.2. The summed E-state index contributed by atoms with van der Waals surface area (Å²) in [6, 6.07) is 14.4. The molecule has 0 bridgehead atoms. The van der Waals surface area contributed by atoms with Crippen molar-refractivity contribution in [2.75, 3.05) is 23.3 Å². The molecule has 4 rings (SSSR count). The van der Waals surface area contributed by atoms with Gasteiger partial charge in [0.25, 0.3) is 0 Å². The number of anilines is 2. The molecule has 2 heterocycles. The number of nitrogens with one attached hydrogen (secondary N) is 1. The second-order valence-corrected chi connectivity index (χ2v) is 7.20. The molecular formula is C19H18FN3OS. The highest BCUT2D eigenvalue weighted by atomic mass is 32.1. The Labute approximate surface area is 149 Å². The summed E-state index contributed by atoms with van der Waals surface area (Å²) in [7, 11) is 0. The highest BCUT2D eigenvalue weighted by Crippen LogP contribution is 2.31. The quantitative estimate of drug-likeness (QED) is 0.762. The normalized spacial score (nSPS) is 15.5. The molecule has 6 heteroatoms. The predicted molar refractivity (Wildman–Crippen MR) is 99.6 cm³/mol. The van der Waals surface area contributed by atoms with Gasteiger partial charge in [-0.1, -0.05) is 35.6 Å². The minimum Gasteiger partial charge on any atom is -0.348 e. The average Bonchev–Trinajstić information content (AvgIpc) is 3.08. The highest BCUT2D eigenvalue weighted by molar-refractivity contribution is 7.22. The molecule has 0 spiro atoms. The van der Waals surface area contributed by atoms with Crippen molar-refractivity contribution < 1.29 is 9.18 Å². The lowest BCUT2D eigenvalue weighted by Gasteiger charge is -2.31. The third kappa shape index (κ3) is 3.35. The van der Waals surface area contributed by atoms with Crippen molar-refractivity contribution in [2.45, 2.75) is 12.8 Å². The summed E-state index contributed by atoms with van der Waals surface area (Å²) in [5.74, 6) is -0.595. The summed E-state index contributed by atoms with van der Waals surface area (Å²) in [5.41, 5.74) is 1.27. The Morgan fingerprint density at radius 3 is 2.60 bits per heavy atom. The van der Waals surface area contributed by atoms with E-state index < -0.39 is 5.82 Å². The molecule has 1 saturated heterocycles. The Balaban J connectivity index is 1.39. The van der Waals surface area contributed by atoms with E-state index in [1.54, 1.807) is 29.5 Å². The third-order valence-corrected chi connectivity index (χ3v) is 5.65. The fourth-order valence-electron chi connectivity index (χ4n) is 3.13. The lowest BCUT2D eigenvalue weighted by atomic mass is 9.96. The molecule has 1 aliphatic rings. The van der Waals surface area contributed by atoms with E-state index in [1.807, 2.05) is 18.2 Å². The molecule has 128 valence electrons. The van der Waals surface area contributed by atoms with Crippen LogP contribution in [0.5, 0.6) is 0 Å². The molecule has 1 amide bonds. The van der Waals surface area contributed by atoms with Gasteiger partial charge in [-0.2, -0.15) is 0 Å². The van der Waals surface area contributed by atoms with Crippen molar-refractivity contribution in [1.82, 2.24) is 4.98 Å². The van der Waals surface area contributed by atoms with Crippen LogP contribution in [0.1, 0.15) is 12.8 Å². The zero-order valence-electron chi connectivity index (χ0n) is 13.6. The zero-order valence-corrected chi connectivity index (χ0v) is 14.4. The molecule has 1 fully saturated rings. The molecule has 3 aromatic rings. The minimum atomic E-state index is -0.400. The number of piperidine rings is 1. The van der Waals surface area contributed by atoms with E-state index >= 15 is 0 Å². The first-order valence-corrected chi connectivity index (χ1v) is 9.18. The molecule has 0 saturated carbocycles. The van der Waals surface area contributed by atoms with Crippen LogP contribution in [0, 0.1) is 11.7 Å².